The molecule has 2 nitrogen and oxygen atoms in total. The van der Waals surface area contributed by atoms with Crippen LogP contribution in [0.25, 0.3) is 0 Å². The first kappa shape index (κ1) is 12.5. The van der Waals surface area contributed by atoms with Crippen molar-refractivity contribution in [1.29, 1.82) is 0 Å². The van der Waals surface area contributed by atoms with Gasteiger partial charge in [-0.1, -0.05) is 27.7 Å². The van der Waals surface area contributed by atoms with Crippen LogP contribution < -0.4 is 0 Å². The predicted octanol–water partition coefficient (Wildman–Crippen LogP) is 2.54. The van der Waals surface area contributed by atoms with Gasteiger partial charge in [0, 0.05) is 20.5 Å². The highest BCUT2D eigenvalue weighted by atomic mass is 16.2. The SMILES string of the molecule is CC(CC(=O)N(C)C)CC(C)(C)C. The van der Waals surface area contributed by atoms with E-state index in [0.29, 0.717) is 17.8 Å². The predicted molar refractivity (Wildman–Crippen MR) is 56.5 cm³/mol. The summed E-state index contributed by atoms with van der Waals surface area (Å²) in [6.45, 7) is 8.78. The Morgan fingerprint density at radius 2 is 1.77 bits per heavy atom. The fourth-order valence-electron chi connectivity index (χ4n) is 1.60. The molecule has 0 fully saturated rings. The molecule has 1 atom stereocenters. The highest BCUT2D eigenvalue weighted by Crippen LogP contribution is 2.25. The highest BCUT2D eigenvalue weighted by molar-refractivity contribution is 5.75. The minimum Gasteiger partial charge on any atom is -0.349 e. The number of amides is 1. The second-order valence-electron chi connectivity index (χ2n) is 5.36. The van der Waals surface area contributed by atoms with Crippen molar-refractivity contribution in [3.05, 3.63) is 0 Å². The van der Waals surface area contributed by atoms with Gasteiger partial charge in [-0.3, -0.25) is 4.79 Å². The molecule has 13 heavy (non-hydrogen) atoms. The minimum absolute atomic E-state index is 0.233. The quantitative estimate of drug-likeness (QED) is 0.661. The van der Waals surface area contributed by atoms with Crippen LogP contribution in [0.4, 0.5) is 0 Å². The number of hydrogen-bond acceptors (Lipinski definition) is 1. The number of nitrogens with zero attached hydrogens (tertiary/aromatic N) is 1. The van der Waals surface area contributed by atoms with Crippen molar-refractivity contribution >= 4 is 5.91 Å². The van der Waals surface area contributed by atoms with E-state index < -0.39 is 0 Å². The molecule has 0 saturated heterocycles. The lowest BCUT2D eigenvalue weighted by molar-refractivity contribution is -0.129. The summed E-state index contributed by atoms with van der Waals surface area (Å²) in [7, 11) is 3.62. The lowest BCUT2D eigenvalue weighted by Gasteiger charge is -2.23. The molecular formula is C11H23NO. The van der Waals surface area contributed by atoms with Gasteiger partial charge < -0.3 is 4.90 Å². The fourth-order valence-corrected chi connectivity index (χ4v) is 1.60. The van der Waals surface area contributed by atoms with E-state index >= 15 is 0 Å². The van der Waals surface area contributed by atoms with Crippen LogP contribution in [-0.2, 0) is 4.79 Å². The normalized spacial score (nSPS) is 14.0. The second kappa shape index (κ2) is 4.64. The Labute approximate surface area is 82.3 Å². The molecule has 0 aromatic rings. The topological polar surface area (TPSA) is 20.3 Å². The molecule has 0 rings (SSSR count). The van der Waals surface area contributed by atoms with Gasteiger partial charge in [0.25, 0.3) is 0 Å². The van der Waals surface area contributed by atoms with Crippen LogP contribution in [0.15, 0.2) is 0 Å². The van der Waals surface area contributed by atoms with Crippen molar-refractivity contribution in [1.82, 2.24) is 4.90 Å². The van der Waals surface area contributed by atoms with E-state index in [1.165, 1.54) is 0 Å². The van der Waals surface area contributed by atoms with E-state index in [9.17, 15) is 4.79 Å². The van der Waals surface area contributed by atoms with Gasteiger partial charge in [0.05, 0.1) is 0 Å². The number of carbonyl (C=O) groups is 1. The second-order valence-corrected chi connectivity index (χ2v) is 5.36. The number of rotatable bonds is 3. The molecule has 0 N–H and O–H groups in total. The van der Waals surface area contributed by atoms with E-state index in [2.05, 4.69) is 27.7 Å². The molecule has 0 aromatic heterocycles. The first-order valence-corrected chi connectivity index (χ1v) is 4.92. The third kappa shape index (κ3) is 6.62. The lowest BCUT2D eigenvalue weighted by Crippen LogP contribution is -2.24. The molecule has 1 amide bonds. The molecule has 0 aliphatic rings. The molecule has 0 heterocycles. The molecule has 2 heteroatoms. The molecule has 0 aliphatic carbocycles. The van der Waals surface area contributed by atoms with E-state index in [-0.39, 0.29) is 5.91 Å². The van der Waals surface area contributed by atoms with E-state index in [1.807, 2.05) is 14.1 Å². The standard InChI is InChI=1S/C11H23NO/c1-9(8-11(2,3)4)7-10(13)12(5)6/h9H,7-8H2,1-6H3. The molecular weight excluding hydrogens is 162 g/mol. The first-order valence-electron chi connectivity index (χ1n) is 4.92. The van der Waals surface area contributed by atoms with Crippen LogP contribution in [0, 0.1) is 11.3 Å². The van der Waals surface area contributed by atoms with Crippen LogP contribution in [0.2, 0.25) is 0 Å². The Hall–Kier alpha value is -0.530. The smallest absolute Gasteiger partial charge is 0.222 e. The largest absolute Gasteiger partial charge is 0.349 e. The third-order valence-corrected chi connectivity index (χ3v) is 1.98. The summed E-state index contributed by atoms with van der Waals surface area (Å²) in [5, 5.41) is 0. The summed E-state index contributed by atoms with van der Waals surface area (Å²) < 4.78 is 0. The first-order chi connectivity index (χ1) is 5.72. The zero-order chi connectivity index (χ0) is 10.6. The van der Waals surface area contributed by atoms with Gasteiger partial charge in [-0.2, -0.15) is 0 Å². The van der Waals surface area contributed by atoms with Gasteiger partial charge in [0.1, 0.15) is 0 Å². The number of hydrogen-bond donors (Lipinski definition) is 0. The summed E-state index contributed by atoms with van der Waals surface area (Å²) in [5.74, 6) is 0.714. The molecule has 0 aliphatic heterocycles. The summed E-state index contributed by atoms with van der Waals surface area (Å²) in [5.41, 5.74) is 0.325. The fraction of sp³-hybridized carbons (Fsp3) is 0.909. The zero-order valence-electron chi connectivity index (χ0n) is 9.85. The van der Waals surface area contributed by atoms with Crippen molar-refractivity contribution in [2.45, 2.75) is 40.5 Å². The Morgan fingerprint density at radius 1 is 1.31 bits per heavy atom. The van der Waals surface area contributed by atoms with Gasteiger partial charge in [-0.05, 0) is 17.8 Å². The van der Waals surface area contributed by atoms with Crippen molar-refractivity contribution in [2.24, 2.45) is 11.3 Å². The van der Waals surface area contributed by atoms with E-state index in [0.717, 1.165) is 6.42 Å². The van der Waals surface area contributed by atoms with Crippen LogP contribution >= 0.6 is 0 Å². The van der Waals surface area contributed by atoms with Crippen LogP contribution in [0.3, 0.4) is 0 Å². The molecule has 0 aromatic carbocycles. The van der Waals surface area contributed by atoms with Crippen LogP contribution in [0.1, 0.15) is 40.5 Å². The maximum atomic E-state index is 11.4. The average Bonchev–Trinajstić information content (AvgIpc) is 1.81. The zero-order valence-corrected chi connectivity index (χ0v) is 9.85. The third-order valence-electron chi connectivity index (χ3n) is 1.98. The molecule has 0 radical (unpaired) electrons. The Bertz CT molecular complexity index is 167. The monoisotopic (exact) mass is 185 g/mol. The Morgan fingerprint density at radius 3 is 2.08 bits per heavy atom. The molecule has 0 bridgehead atoms. The van der Waals surface area contributed by atoms with E-state index in [1.54, 1.807) is 4.90 Å². The Kier molecular flexibility index (Phi) is 4.45. The average molecular weight is 185 g/mol. The van der Waals surface area contributed by atoms with Crippen molar-refractivity contribution in [3.8, 4) is 0 Å². The van der Waals surface area contributed by atoms with E-state index in [4.69, 9.17) is 0 Å². The molecule has 78 valence electrons. The number of carbonyl (C=O) groups excluding carboxylic acids is 1. The lowest BCUT2D eigenvalue weighted by atomic mass is 9.84. The van der Waals surface area contributed by atoms with Crippen molar-refractivity contribution < 1.29 is 4.79 Å². The maximum absolute atomic E-state index is 11.4. The van der Waals surface area contributed by atoms with Crippen molar-refractivity contribution in [3.63, 3.8) is 0 Å². The van der Waals surface area contributed by atoms with Gasteiger partial charge in [0.15, 0.2) is 0 Å². The van der Waals surface area contributed by atoms with Gasteiger partial charge in [0.2, 0.25) is 5.91 Å². The van der Waals surface area contributed by atoms with Gasteiger partial charge >= 0.3 is 0 Å². The summed E-state index contributed by atoms with van der Waals surface area (Å²) in [4.78, 5) is 13.0. The molecule has 1 unspecified atom stereocenters. The maximum Gasteiger partial charge on any atom is 0.222 e. The minimum atomic E-state index is 0.233. The van der Waals surface area contributed by atoms with Gasteiger partial charge in [-0.25, -0.2) is 0 Å². The van der Waals surface area contributed by atoms with Crippen LogP contribution in [-0.4, -0.2) is 24.9 Å². The van der Waals surface area contributed by atoms with Gasteiger partial charge in [-0.15, -0.1) is 0 Å². The Balaban J connectivity index is 3.88. The van der Waals surface area contributed by atoms with Crippen LogP contribution in [0.5, 0.6) is 0 Å². The summed E-state index contributed by atoms with van der Waals surface area (Å²) in [6, 6.07) is 0. The molecule has 0 spiro atoms. The van der Waals surface area contributed by atoms with Crippen molar-refractivity contribution in [2.75, 3.05) is 14.1 Å². The summed E-state index contributed by atoms with van der Waals surface area (Å²) in [6.07, 6.45) is 1.77. The molecule has 0 saturated carbocycles. The summed E-state index contributed by atoms with van der Waals surface area (Å²) >= 11 is 0. The highest BCUT2D eigenvalue weighted by Gasteiger charge is 2.18.